The standard InChI is InChI=1S/C12H12N2O2/c1-6-4-7(2-3-10(6)13)14-11(15)8-5-9(8)12(14)16/h2-4,8-9H,5,13H2,1H3. The smallest absolute Gasteiger partial charge is 0.237 e. The number of carbonyl (C=O) groups is 2. The summed E-state index contributed by atoms with van der Waals surface area (Å²) in [5.41, 5.74) is 7.91. The van der Waals surface area contributed by atoms with E-state index in [9.17, 15) is 9.59 Å². The van der Waals surface area contributed by atoms with E-state index in [1.165, 1.54) is 4.90 Å². The highest BCUT2D eigenvalue weighted by Crippen LogP contribution is 2.48. The zero-order chi connectivity index (χ0) is 11.4. The number of nitrogen functional groups attached to an aromatic ring is 1. The zero-order valence-electron chi connectivity index (χ0n) is 8.93. The molecule has 0 bridgehead atoms. The summed E-state index contributed by atoms with van der Waals surface area (Å²) in [7, 11) is 0. The second-order valence-corrected chi connectivity index (χ2v) is 4.50. The Labute approximate surface area is 93.0 Å². The molecule has 2 fully saturated rings. The average molecular weight is 216 g/mol. The quantitative estimate of drug-likeness (QED) is 0.564. The van der Waals surface area contributed by atoms with Crippen LogP contribution in [0.2, 0.25) is 0 Å². The summed E-state index contributed by atoms with van der Waals surface area (Å²) in [6.07, 6.45) is 0.738. The molecule has 0 radical (unpaired) electrons. The summed E-state index contributed by atoms with van der Waals surface area (Å²) in [6, 6.07) is 5.24. The molecular weight excluding hydrogens is 204 g/mol. The van der Waals surface area contributed by atoms with Gasteiger partial charge in [-0.2, -0.15) is 0 Å². The maximum absolute atomic E-state index is 11.8. The van der Waals surface area contributed by atoms with Crippen LogP contribution in [0.4, 0.5) is 11.4 Å². The van der Waals surface area contributed by atoms with Gasteiger partial charge in [-0.05, 0) is 37.1 Å². The van der Waals surface area contributed by atoms with E-state index in [1.807, 2.05) is 6.92 Å². The van der Waals surface area contributed by atoms with E-state index < -0.39 is 0 Å². The predicted molar refractivity (Wildman–Crippen MR) is 59.7 cm³/mol. The normalized spacial score (nSPS) is 27.2. The van der Waals surface area contributed by atoms with Crippen LogP contribution in [0.3, 0.4) is 0 Å². The third-order valence-corrected chi connectivity index (χ3v) is 3.38. The first-order chi connectivity index (χ1) is 7.59. The minimum atomic E-state index is -0.0563. The van der Waals surface area contributed by atoms with Crippen LogP contribution in [0, 0.1) is 18.8 Å². The molecule has 0 aromatic heterocycles. The molecule has 2 unspecified atom stereocenters. The fourth-order valence-corrected chi connectivity index (χ4v) is 2.23. The lowest BCUT2D eigenvalue weighted by molar-refractivity contribution is -0.123. The Morgan fingerprint density at radius 2 is 1.88 bits per heavy atom. The first kappa shape index (κ1) is 9.39. The number of amides is 2. The first-order valence-electron chi connectivity index (χ1n) is 5.33. The van der Waals surface area contributed by atoms with Gasteiger partial charge >= 0.3 is 0 Å². The summed E-state index contributed by atoms with van der Waals surface area (Å²) < 4.78 is 0. The molecule has 4 heteroatoms. The van der Waals surface area contributed by atoms with Gasteiger partial charge in [0.05, 0.1) is 17.5 Å². The lowest BCUT2D eigenvalue weighted by atomic mass is 10.1. The van der Waals surface area contributed by atoms with Crippen molar-refractivity contribution < 1.29 is 9.59 Å². The number of aryl methyl sites for hydroxylation is 1. The number of nitrogens with two attached hydrogens (primary N) is 1. The van der Waals surface area contributed by atoms with Crippen LogP contribution >= 0.6 is 0 Å². The van der Waals surface area contributed by atoms with Gasteiger partial charge in [0.2, 0.25) is 11.8 Å². The first-order valence-corrected chi connectivity index (χ1v) is 5.33. The highest BCUT2D eigenvalue weighted by molar-refractivity contribution is 6.24. The van der Waals surface area contributed by atoms with Crippen LogP contribution in [0.25, 0.3) is 0 Å². The van der Waals surface area contributed by atoms with Gasteiger partial charge in [0, 0.05) is 5.69 Å². The molecule has 16 heavy (non-hydrogen) atoms. The van der Waals surface area contributed by atoms with Gasteiger partial charge in [-0.1, -0.05) is 0 Å². The van der Waals surface area contributed by atoms with Crippen LogP contribution in [0.15, 0.2) is 18.2 Å². The largest absolute Gasteiger partial charge is 0.399 e. The highest BCUT2D eigenvalue weighted by atomic mass is 16.2. The maximum Gasteiger partial charge on any atom is 0.237 e. The SMILES string of the molecule is Cc1cc(N2C(=O)C3CC3C2=O)ccc1N. The molecule has 1 aromatic rings. The van der Waals surface area contributed by atoms with Crippen molar-refractivity contribution in [2.45, 2.75) is 13.3 Å². The van der Waals surface area contributed by atoms with Crippen molar-refractivity contribution in [2.75, 3.05) is 10.6 Å². The number of hydrogen-bond acceptors (Lipinski definition) is 3. The van der Waals surface area contributed by atoms with E-state index in [4.69, 9.17) is 5.73 Å². The molecule has 3 rings (SSSR count). The molecule has 1 aliphatic heterocycles. The average Bonchev–Trinajstić information content (AvgIpc) is 2.98. The summed E-state index contributed by atoms with van der Waals surface area (Å²) in [4.78, 5) is 25.0. The molecule has 2 amide bonds. The molecule has 1 aliphatic carbocycles. The van der Waals surface area contributed by atoms with Crippen LogP contribution in [-0.4, -0.2) is 11.8 Å². The van der Waals surface area contributed by atoms with Crippen LogP contribution < -0.4 is 10.6 Å². The molecular formula is C12H12N2O2. The molecule has 2 atom stereocenters. The number of anilines is 2. The van der Waals surface area contributed by atoms with Crippen molar-refractivity contribution in [1.29, 1.82) is 0 Å². The summed E-state index contributed by atoms with van der Waals surface area (Å²) in [5, 5.41) is 0. The molecule has 1 saturated carbocycles. The number of hydrogen-bond donors (Lipinski definition) is 1. The molecule has 4 nitrogen and oxygen atoms in total. The molecule has 1 saturated heterocycles. The van der Waals surface area contributed by atoms with Gasteiger partial charge in [-0.25, -0.2) is 0 Å². The molecule has 0 spiro atoms. The number of nitrogens with zero attached hydrogens (tertiary/aromatic N) is 1. The number of piperidine rings is 1. The second kappa shape index (κ2) is 2.84. The fraction of sp³-hybridized carbons (Fsp3) is 0.333. The van der Waals surface area contributed by atoms with E-state index in [-0.39, 0.29) is 23.7 Å². The number of fused-ring (bicyclic) bond motifs is 1. The minimum absolute atomic E-state index is 0.0506. The zero-order valence-corrected chi connectivity index (χ0v) is 8.93. The van der Waals surface area contributed by atoms with Crippen LogP contribution in [-0.2, 0) is 9.59 Å². The van der Waals surface area contributed by atoms with Crippen molar-refractivity contribution in [1.82, 2.24) is 0 Å². The molecule has 1 aromatic carbocycles. The summed E-state index contributed by atoms with van der Waals surface area (Å²) in [5.74, 6) is -0.214. The summed E-state index contributed by atoms with van der Waals surface area (Å²) in [6.45, 7) is 1.87. The lowest BCUT2D eigenvalue weighted by Crippen LogP contribution is -2.32. The Morgan fingerprint density at radius 1 is 1.25 bits per heavy atom. The predicted octanol–water partition coefficient (Wildman–Crippen LogP) is 1.09. The Bertz CT molecular complexity index is 490. The van der Waals surface area contributed by atoms with Crippen molar-refractivity contribution >= 4 is 23.2 Å². The Morgan fingerprint density at radius 3 is 2.44 bits per heavy atom. The summed E-state index contributed by atoms with van der Waals surface area (Å²) >= 11 is 0. The Kier molecular flexibility index (Phi) is 1.67. The number of rotatable bonds is 1. The monoisotopic (exact) mass is 216 g/mol. The van der Waals surface area contributed by atoms with Crippen molar-refractivity contribution in [3.05, 3.63) is 23.8 Å². The fourth-order valence-electron chi connectivity index (χ4n) is 2.23. The maximum atomic E-state index is 11.8. The van der Waals surface area contributed by atoms with E-state index in [1.54, 1.807) is 18.2 Å². The van der Waals surface area contributed by atoms with Gasteiger partial charge < -0.3 is 5.73 Å². The minimum Gasteiger partial charge on any atom is -0.399 e. The van der Waals surface area contributed by atoms with Crippen molar-refractivity contribution in [2.24, 2.45) is 11.8 Å². The number of imide groups is 1. The third kappa shape index (κ3) is 1.10. The van der Waals surface area contributed by atoms with Crippen LogP contribution in [0.5, 0.6) is 0 Å². The van der Waals surface area contributed by atoms with E-state index in [0.717, 1.165) is 12.0 Å². The third-order valence-electron chi connectivity index (χ3n) is 3.38. The topological polar surface area (TPSA) is 63.4 Å². The van der Waals surface area contributed by atoms with Gasteiger partial charge in [-0.15, -0.1) is 0 Å². The molecule has 82 valence electrons. The van der Waals surface area contributed by atoms with Gasteiger partial charge in [0.1, 0.15) is 0 Å². The van der Waals surface area contributed by atoms with Gasteiger partial charge in [0.15, 0.2) is 0 Å². The van der Waals surface area contributed by atoms with Gasteiger partial charge in [-0.3, -0.25) is 14.5 Å². The highest BCUT2D eigenvalue weighted by Gasteiger charge is 2.59. The van der Waals surface area contributed by atoms with Crippen molar-refractivity contribution in [3.8, 4) is 0 Å². The second-order valence-electron chi connectivity index (χ2n) is 4.50. The molecule has 1 heterocycles. The van der Waals surface area contributed by atoms with E-state index >= 15 is 0 Å². The van der Waals surface area contributed by atoms with Crippen LogP contribution in [0.1, 0.15) is 12.0 Å². The molecule has 2 N–H and O–H groups in total. The van der Waals surface area contributed by atoms with Crippen molar-refractivity contribution in [3.63, 3.8) is 0 Å². The van der Waals surface area contributed by atoms with Gasteiger partial charge in [0.25, 0.3) is 0 Å². The lowest BCUT2D eigenvalue weighted by Gasteiger charge is -2.17. The number of carbonyl (C=O) groups excluding carboxylic acids is 2. The Hall–Kier alpha value is -1.84. The van der Waals surface area contributed by atoms with E-state index in [2.05, 4.69) is 0 Å². The number of benzene rings is 1. The Balaban J connectivity index is 2.01. The van der Waals surface area contributed by atoms with E-state index in [0.29, 0.717) is 11.4 Å². The molecule has 2 aliphatic rings.